The SMILES string of the molecule is CCOC(=O)C1=C[C@@H](CC(=O)C(C)(C)C)N(S(=O)(=O)c2ccc(C)cc2)[C@H]1c1ccc(Cl)cc1. The molecule has 6 nitrogen and oxygen atoms in total. The zero-order valence-electron chi connectivity index (χ0n) is 20.0. The van der Waals surface area contributed by atoms with Gasteiger partial charge >= 0.3 is 5.97 Å². The zero-order chi connectivity index (χ0) is 25.3. The number of rotatable bonds is 7. The Bertz CT molecular complexity index is 1200. The standard InChI is InChI=1S/C26H30ClNO5S/c1-6-33-25(30)22-15-20(16-23(29)26(3,4)5)28(24(22)18-9-11-19(27)12-10-18)34(31,32)21-13-7-17(2)8-14-21/h7-15,20,24H,6,16H2,1-5H3/t20-,24-/m0/s1. The largest absolute Gasteiger partial charge is 0.463 e. The maximum atomic E-state index is 14.0. The average Bonchev–Trinajstić information content (AvgIpc) is 3.14. The Morgan fingerprint density at radius 1 is 1.03 bits per heavy atom. The maximum Gasteiger partial charge on any atom is 0.335 e. The van der Waals surface area contributed by atoms with Crippen LogP contribution in [-0.2, 0) is 24.3 Å². The predicted molar refractivity (Wildman–Crippen MR) is 132 cm³/mol. The van der Waals surface area contributed by atoms with Gasteiger partial charge in [0, 0.05) is 16.9 Å². The Kier molecular flexibility index (Phi) is 7.70. The second-order valence-corrected chi connectivity index (χ2v) is 11.7. The number of halogens is 1. The lowest BCUT2D eigenvalue weighted by Crippen LogP contribution is -2.41. The van der Waals surface area contributed by atoms with Crippen LogP contribution >= 0.6 is 11.6 Å². The number of hydrogen-bond donors (Lipinski definition) is 0. The van der Waals surface area contributed by atoms with E-state index >= 15 is 0 Å². The van der Waals surface area contributed by atoms with Gasteiger partial charge < -0.3 is 4.74 Å². The Balaban J connectivity index is 2.20. The third-order valence-corrected chi connectivity index (χ3v) is 7.93. The number of benzene rings is 2. The first-order chi connectivity index (χ1) is 15.9. The van der Waals surface area contributed by atoms with Gasteiger partial charge in [0.1, 0.15) is 5.78 Å². The average molecular weight is 504 g/mol. The first-order valence-electron chi connectivity index (χ1n) is 11.1. The monoisotopic (exact) mass is 503 g/mol. The number of ether oxygens (including phenoxy) is 1. The fourth-order valence-corrected chi connectivity index (χ4v) is 5.71. The lowest BCUT2D eigenvalue weighted by Gasteiger charge is -2.32. The molecular weight excluding hydrogens is 474 g/mol. The van der Waals surface area contributed by atoms with Crippen molar-refractivity contribution in [3.05, 3.63) is 76.3 Å². The molecule has 0 saturated heterocycles. The van der Waals surface area contributed by atoms with Gasteiger partial charge in [-0.1, -0.05) is 68.3 Å². The molecule has 0 fully saturated rings. The summed E-state index contributed by atoms with van der Waals surface area (Å²) in [6, 6.07) is 11.4. The Morgan fingerprint density at radius 2 is 1.62 bits per heavy atom. The molecule has 0 spiro atoms. The third kappa shape index (κ3) is 5.43. The summed E-state index contributed by atoms with van der Waals surface area (Å²) in [5.74, 6) is -0.727. The van der Waals surface area contributed by atoms with E-state index in [4.69, 9.17) is 16.3 Å². The molecule has 1 aliphatic heterocycles. The fraction of sp³-hybridized carbons (Fsp3) is 0.385. The summed E-state index contributed by atoms with van der Waals surface area (Å²) in [5.41, 5.74) is 0.992. The molecule has 0 N–H and O–H groups in total. The molecule has 2 aromatic rings. The minimum atomic E-state index is -4.10. The minimum Gasteiger partial charge on any atom is -0.463 e. The van der Waals surface area contributed by atoms with Crippen molar-refractivity contribution in [2.45, 2.75) is 58.0 Å². The van der Waals surface area contributed by atoms with Gasteiger partial charge in [0.25, 0.3) is 0 Å². The van der Waals surface area contributed by atoms with Gasteiger partial charge in [0.2, 0.25) is 10.0 Å². The number of ketones is 1. The summed E-state index contributed by atoms with van der Waals surface area (Å²) in [4.78, 5) is 26.0. The van der Waals surface area contributed by atoms with Gasteiger partial charge in [0.05, 0.1) is 29.2 Å². The summed E-state index contributed by atoms with van der Waals surface area (Å²) < 4.78 is 34.5. The second kappa shape index (κ2) is 10.0. The van der Waals surface area contributed by atoms with E-state index in [1.54, 1.807) is 70.2 Å². The smallest absolute Gasteiger partial charge is 0.335 e. The zero-order valence-corrected chi connectivity index (χ0v) is 21.6. The van der Waals surface area contributed by atoms with Crippen molar-refractivity contribution in [2.24, 2.45) is 5.41 Å². The van der Waals surface area contributed by atoms with Gasteiger partial charge in [-0.3, -0.25) is 4.79 Å². The molecule has 0 aromatic heterocycles. The normalized spacial score (nSPS) is 19.1. The number of hydrogen-bond acceptors (Lipinski definition) is 5. The van der Waals surface area contributed by atoms with Gasteiger partial charge in [-0.2, -0.15) is 4.31 Å². The van der Waals surface area contributed by atoms with E-state index in [2.05, 4.69) is 0 Å². The molecular formula is C26H30ClNO5S. The molecule has 182 valence electrons. The first kappa shape index (κ1) is 26.1. The van der Waals surface area contributed by atoms with Crippen LogP contribution in [0.25, 0.3) is 0 Å². The molecule has 0 amide bonds. The van der Waals surface area contributed by atoms with E-state index in [-0.39, 0.29) is 29.3 Å². The van der Waals surface area contributed by atoms with Gasteiger partial charge in [-0.15, -0.1) is 0 Å². The topological polar surface area (TPSA) is 80.8 Å². The molecule has 0 saturated carbocycles. The predicted octanol–water partition coefficient (Wildman–Crippen LogP) is 5.26. The lowest BCUT2D eigenvalue weighted by atomic mass is 9.87. The van der Waals surface area contributed by atoms with Crippen molar-refractivity contribution in [1.82, 2.24) is 4.31 Å². The summed E-state index contributed by atoms with van der Waals surface area (Å²) in [7, 11) is -4.10. The number of carbonyl (C=O) groups is 2. The highest BCUT2D eigenvalue weighted by atomic mass is 35.5. The van der Waals surface area contributed by atoms with Crippen LogP contribution in [0.1, 0.15) is 51.3 Å². The lowest BCUT2D eigenvalue weighted by molar-refractivity contribution is -0.139. The van der Waals surface area contributed by atoms with E-state index in [0.717, 1.165) is 5.56 Å². The van der Waals surface area contributed by atoms with Crippen LogP contribution in [-0.4, -0.2) is 37.1 Å². The van der Waals surface area contributed by atoms with Gasteiger partial charge in [-0.25, -0.2) is 13.2 Å². The van der Waals surface area contributed by atoms with Crippen molar-refractivity contribution in [3.63, 3.8) is 0 Å². The highest BCUT2D eigenvalue weighted by molar-refractivity contribution is 7.89. The van der Waals surface area contributed by atoms with Crippen molar-refractivity contribution < 1.29 is 22.7 Å². The molecule has 0 bridgehead atoms. The molecule has 1 heterocycles. The fourth-order valence-electron chi connectivity index (χ4n) is 3.86. The first-order valence-corrected chi connectivity index (χ1v) is 13.0. The quantitative estimate of drug-likeness (QED) is 0.481. The van der Waals surface area contributed by atoms with E-state index in [1.165, 1.54) is 16.4 Å². The van der Waals surface area contributed by atoms with Crippen LogP contribution < -0.4 is 0 Å². The number of sulfonamides is 1. The number of carbonyl (C=O) groups excluding carboxylic acids is 2. The summed E-state index contributed by atoms with van der Waals surface area (Å²) in [6.07, 6.45) is 1.49. The van der Waals surface area contributed by atoms with Crippen LogP contribution in [0.5, 0.6) is 0 Å². The Labute approximate surface area is 206 Å². The van der Waals surface area contributed by atoms with E-state index in [1.807, 2.05) is 6.92 Å². The van der Waals surface area contributed by atoms with Crippen molar-refractivity contribution in [3.8, 4) is 0 Å². The van der Waals surface area contributed by atoms with E-state index in [0.29, 0.717) is 10.6 Å². The summed E-state index contributed by atoms with van der Waals surface area (Å²) >= 11 is 6.07. The highest BCUT2D eigenvalue weighted by Crippen LogP contribution is 2.43. The highest BCUT2D eigenvalue weighted by Gasteiger charge is 2.47. The molecule has 2 atom stereocenters. The van der Waals surface area contributed by atoms with Gasteiger partial charge in [-0.05, 0) is 43.7 Å². The van der Waals surface area contributed by atoms with E-state index < -0.39 is 33.5 Å². The molecule has 0 radical (unpaired) electrons. The van der Waals surface area contributed by atoms with Crippen LogP contribution in [0.3, 0.4) is 0 Å². The van der Waals surface area contributed by atoms with Crippen LogP contribution in [0.4, 0.5) is 0 Å². The molecule has 2 aromatic carbocycles. The summed E-state index contributed by atoms with van der Waals surface area (Å²) in [6.45, 7) is 9.06. The summed E-state index contributed by atoms with van der Waals surface area (Å²) in [5, 5.41) is 0.482. The molecule has 0 aliphatic carbocycles. The second-order valence-electron chi connectivity index (χ2n) is 9.39. The molecule has 8 heteroatoms. The van der Waals surface area contributed by atoms with E-state index in [9.17, 15) is 18.0 Å². The van der Waals surface area contributed by atoms with Crippen LogP contribution in [0.15, 0.2) is 65.1 Å². The molecule has 34 heavy (non-hydrogen) atoms. The van der Waals surface area contributed by atoms with Crippen molar-refractivity contribution in [1.29, 1.82) is 0 Å². The third-order valence-electron chi connectivity index (χ3n) is 5.77. The molecule has 0 unspecified atom stereocenters. The Hall–Kier alpha value is -2.48. The number of Topliss-reactive ketones (excluding diaryl/α,β-unsaturated/α-hetero) is 1. The van der Waals surface area contributed by atoms with Crippen molar-refractivity contribution >= 4 is 33.4 Å². The molecule has 3 rings (SSSR count). The maximum absolute atomic E-state index is 14.0. The number of aryl methyl sites for hydroxylation is 1. The van der Waals surface area contributed by atoms with Gasteiger partial charge in [0.15, 0.2) is 0 Å². The van der Waals surface area contributed by atoms with Crippen molar-refractivity contribution in [2.75, 3.05) is 6.61 Å². The molecule has 1 aliphatic rings. The van der Waals surface area contributed by atoms with Crippen LogP contribution in [0, 0.1) is 12.3 Å². The number of nitrogens with zero attached hydrogens (tertiary/aromatic N) is 1. The van der Waals surface area contributed by atoms with Crippen LogP contribution in [0.2, 0.25) is 5.02 Å². The number of esters is 1. The Morgan fingerprint density at radius 3 is 2.15 bits per heavy atom. The minimum absolute atomic E-state index is 0.0679.